The van der Waals surface area contributed by atoms with Crippen LogP contribution in [0.1, 0.15) is 12.0 Å². The molecule has 0 aliphatic carbocycles. The van der Waals surface area contributed by atoms with E-state index in [-0.39, 0.29) is 43.8 Å². The summed E-state index contributed by atoms with van der Waals surface area (Å²) < 4.78 is 4.78. The van der Waals surface area contributed by atoms with Crippen molar-refractivity contribution in [2.45, 2.75) is 19.4 Å². The highest BCUT2D eigenvalue weighted by Crippen LogP contribution is 2.22. The largest absolute Gasteiger partial charge is 0.383 e. The predicted octanol–water partition coefficient (Wildman–Crippen LogP) is 1.49. The normalized spacial score (nSPS) is 11.3. The Labute approximate surface area is 141 Å². The molecule has 0 aromatic heterocycles. The second kappa shape index (κ2) is 10.4. The quantitative estimate of drug-likeness (QED) is 0.695. The number of nitrogens with two attached hydrogens (primary N) is 1. The Morgan fingerprint density at radius 2 is 2.09 bits per heavy atom. The minimum Gasteiger partial charge on any atom is -0.383 e. The van der Waals surface area contributed by atoms with E-state index in [0.29, 0.717) is 10.7 Å². The summed E-state index contributed by atoms with van der Waals surface area (Å²) in [5.74, 6) is -0.551. The lowest BCUT2D eigenvalue weighted by molar-refractivity contribution is -0.123. The van der Waals surface area contributed by atoms with E-state index < -0.39 is 6.04 Å². The molecule has 1 atom stereocenters. The highest BCUT2D eigenvalue weighted by molar-refractivity contribution is 6.31. The molecule has 6 nitrogen and oxygen atoms in total. The van der Waals surface area contributed by atoms with Gasteiger partial charge in [-0.2, -0.15) is 0 Å². The Morgan fingerprint density at radius 1 is 1.41 bits per heavy atom. The van der Waals surface area contributed by atoms with Crippen molar-refractivity contribution in [2.24, 2.45) is 5.73 Å². The minimum atomic E-state index is -0.728. The van der Waals surface area contributed by atoms with Crippen LogP contribution in [-0.2, 0) is 14.3 Å². The van der Waals surface area contributed by atoms with Gasteiger partial charge in [0.15, 0.2) is 0 Å². The molecule has 1 aromatic carbocycles. The number of ether oxygens (including phenoxy) is 1. The standard InChI is InChI=1S/C14H20ClN3O3.ClH/c1-9-10(15)4-3-5-12(9)18-13(19)6-7-17-14(20)11(16)8-21-2;/h3-5,11H,6-8,16H2,1-2H3,(H,17,20)(H,18,19);1H. The maximum Gasteiger partial charge on any atom is 0.239 e. The Bertz CT molecular complexity index is 512. The molecule has 0 saturated carbocycles. The Balaban J connectivity index is 0.00000441. The fourth-order valence-electron chi connectivity index (χ4n) is 1.64. The first-order valence-electron chi connectivity index (χ1n) is 6.53. The van der Waals surface area contributed by atoms with Crippen molar-refractivity contribution in [2.75, 3.05) is 25.6 Å². The first kappa shape index (κ1) is 20.7. The zero-order valence-electron chi connectivity index (χ0n) is 12.5. The first-order valence-corrected chi connectivity index (χ1v) is 6.90. The smallest absolute Gasteiger partial charge is 0.239 e. The number of nitrogens with one attached hydrogen (secondary N) is 2. The molecular formula is C14H21Cl2N3O3. The van der Waals surface area contributed by atoms with Gasteiger partial charge in [0.2, 0.25) is 11.8 Å². The zero-order chi connectivity index (χ0) is 15.8. The Morgan fingerprint density at radius 3 is 2.73 bits per heavy atom. The van der Waals surface area contributed by atoms with Gasteiger partial charge < -0.3 is 21.1 Å². The molecule has 0 fully saturated rings. The number of halogens is 2. The van der Waals surface area contributed by atoms with Crippen LogP contribution in [0.25, 0.3) is 0 Å². The lowest BCUT2D eigenvalue weighted by Gasteiger charge is -2.12. The third kappa shape index (κ3) is 6.62. The molecule has 22 heavy (non-hydrogen) atoms. The van der Waals surface area contributed by atoms with Crippen LogP contribution in [0.2, 0.25) is 5.02 Å². The van der Waals surface area contributed by atoms with Crippen LogP contribution < -0.4 is 16.4 Å². The highest BCUT2D eigenvalue weighted by atomic mass is 35.5. The van der Waals surface area contributed by atoms with Gasteiger partial charge in [-0.05, 0) is 24.6 Å². The van der Waals surface area contributed by atoms with E-state index in [0.717, 1.165) is 5.56 Å². The fourth-order valence-corrected chi connectivity index (χ4v) is 1.82. The topological polar surface area (TPSA) is 93.4 Å². The number of rotatable bonds is 7. The third-order valence-corrected chi connectivity index (χ3v) is 3.29. The monoisotopic (exact) mass is 349 g/mol. The van der Waals surface area contributed by atoms with Crippen molar-refractivity contribution >= 4 is 41.5 Å². The van der Waals surface area contributed by atoms with E-state index in [1.807, 2.05) is 6.92 Å². The van der Waals surface area contributed by atoms with E-state index in [2.05, 4.69) is 10.6 Å². The van der Waals surface area contributed by atoms with E-state index >= 15 is 0 Å². The van der Waals surface area contributed by atoms with Crippen molar-refractivity contribution < 1.29 is 14.3 Å². The summed E-state index contributed by atoms with van der Waals surface area (Å²) in [4.78, 5) is 23.3. The molecule has 1 aromatic rings. The molecule has 0 heterocycles. The minimum absolute atomic E-state index is 0. The average molecular weight is 350 g/mol. The van der Waals surface area contributed by atoms with E-state index in [1.54, 1.807) is 18.2 Å². The van der Waals surface area contributed by atoms with Crippen molar-refractivity contribution in [3.8, 4) is 0 Å². The number of amides is 2. The van der Waals surface area contributed by atoms with E-state index in [9.17, 15) is 9.59 Å². The second-order valence-electron chi connectivity index (χ2n) is 4.56. The summed E-state index contributed by atoms with van der Waals surface area (Å²) in [6.07, 6.45) is 0.150. The van der Waals surface area contributed by atoms with Crippen LogP contribution >= 0.6 is 24.0 Å². The van der Waals surface area contributed by atoms with Gasteiger partial charge in [0.25, 0.3) is 0 Å². The summed E-state index contributed by atoms with van der Waals surface area (Å²) in [5, 5.41) is 5.92. The molecule has 124 valence electrons. The summed E-state index contributed by atoms with van der Waals surface area (Å²) >= 11 is 5.97. The van der Waals surface area contributed by atoms with Crippen molar-refractivity contribution in [1.29, 1.82) is 0 Å². The molecule has 0 radical (unpaired) electrons. The van der Waals surface area contributed by atoms with Gasteiger partial charge in [0, 0.05) is 30.8 Å². The molecule has 1 unspecified atom stereocenters. The molecule has 0 spiro atoms. The molecule has 2 amide bonds. The number of hydrogen-bond donors (Lipinski definition) is 3. The summed E-state index contributed by atoms with van der Waals surface area (Å²) in [5.41, 5.74) is 7.02. The van der Waals surface area contributed by atoms with Gasteiger partial charge >= 0.3 is 0 Å². The van der Waals surface area contributed by atoms with Gasteiger partial charge in [-0.3, -0.25) is 9.59 Å². The molecule has 8 heteroatoms. The molecule has 0 bridgehead atoms. The van der Waals surface area contributed by atoms with Gasteiger partial charge in [-0.15, -0.1) is 12.4 Å². The Kier molecular flexibility index (Phi) is 9.76. The second-order valence-corrected chi connectivity index (χ2v) is 4.97. The molecule has 4 N–H and O–H groups in total. The number of carbonyl (C=O) groups excluding carboxylic acids is 2. The molecule has 0 aliphatic heterocycles. The lowest BCUT2D eigenvalue weighted by atomic mass is 10.2. The van der Waals surface area contributed by atoms with Crippen molar-refractivity contribution in [3.63, 3.8) is 0 Å². The maximum atomic E-state index is 11.8. The zero-order valence-corrected chi connectivity index (χ0v) is 14.1. The molecular weight excluding hydrogens is 329 g/mol. The fraction of sp³-hybridized carbons (Fsp3) is 0.429. The van der Waals surface area contributed by atoms with Crippen LogP contribution in [0.3, 0.4) is 0 Å². The van der Waals surface area contributed by atoms with Crippen LogP contribution in [0.15, 0.2) is 18.2 Å². The van der Waals surface area contributed by atoms with Crippen LogP contribution in [0.4, 0.5) is 5.69 Å². The SMILES string of the molecule is COCC(N)C(=O)NCCC(=O)Nc1cccc(Cl)c1C.Cl. The van der Waals surface area contributed by atoms with Crippen molar-refractivity contribution in [1.82, 2.24) is 5.32 Å². The summed E-state index contributed by atoms with van der Waals surface area (Å²) in [6.45, 7) is 2.17. The van der Waals surface area contributed by atoms with E-state index in [4.69, 9.17) is 22.1 Å². The summed E-state index contributed by atoms with van der Waals surface area (Å²) in [6, 6.07) is 4.56. The van der Waals surface area contributed by atoms with Gasteiger partial charge in [0.05, 0.1) is 6.61 Å². The van der Waals surface area contributed by atoms with E-state index in [1.165, 1.54) is 7.11 Å². The maximum absolute atomic E-state index is 11.8. The number of methoxy groups -OCH3 is 1. The number of hydrogen-bond acceptors (Lipinski definition) is 4. The van der Waals surface area contributed by atoms with Crippen LogP contribution in [-0.4, -0.2) is 38.1 Å². The highest BCUT2D eigenvalue weighted by Gasteiger charge is 2.13. The van der Waals surface area contributed by atoms with Crippen LogP contribution in [0.5, 0.6) is 0 Å². The average Bonchev–Trinajstić information content (AvgIpc) is 2.44. The third-order valence-electron chi connectivity index (χ3n) is 2.88. The first-order chi connectivity index (χ1) is 9.95. The van der Waals surface area contributed by atoms with Gasteiger partial charge in [-0.25, -0.2) is 0 Å². The van der Waals surface area contributed by atoms with Crippen LogP contribution in [0, 0.1) is 6.92 Å². The molecule has 0 aliphatic rings. The molecule has 0 saturated heterocycles. The van der Waals surface area contributed by atoms with Crippen molar-refractivity contribution in [3.05, 3.63) is 28.8 Å². The Hall–Kier alpha value is -1.34. The lowest BCUT2D eigenvalue weighted by Crippen LogP contribution is -2.44. The number of anilines is 1. The van der Waals surface area contributed by atoms with Gasteiger partial charge in [-0.1, -0.05) is 17.7 Å². The number of benzene rings is 1. The molecule has 1 rings (SSSR count). The number of carbonyl (C=O) groups is 2. The predicted molar refractivity (Wildman–Crippen MR) is 89.5 cm³/mol. The summed E-state index contributed by atoms with van der Waals surface area (Å²) in [7, 11) is 1.47. The van der Waals surface area contributed by atoms with Gasteiger partial charge in [0.1, 0.15) is 6.04 Å².